The molecule has 0 unspecified atom stereocenters. The molecular formula is C11H15LiO2S. The summed E-state index contributed by atoms with van der Waals surface area (Å²) in [5, 5.41) is 2.10. The molecule has 0 N–H and O–H groups in total. The monoisotopic (exact) mass is 218 g/mol. The summed E-state index contributed by atoms with van der Waals surface area (Å²) in [5.41, 5.74) is 1.29. The molecule has 2 rings (SSSR count). The van der Waals surface area contributed by atoms with Crippen molar-refractivity contribution in [2.75, 3.05) is 13.2 Å². The van der Waals surface area contributed by atoms with E-state index in [1.807, 2.05) is 0 Å². The number of ether oxygens (including phenoxy) is 2. The fourth-order valence-corrected chi connectivity index (χ4v) is 2.28. The molecule has 1 saturated heterocycles. The molecule has 0 amide bonds. The summed E-state index contributed by atoms with van der Waals surface area (Å²) in [6.07, 6.45) is 0.691. The van der Waals surface area contributed by atoms with Crippen molar-refractivity contribution < 1.29 is 28.3 Å². The van der Waals surface area contributed by atoms with E-state index in [1.165, 1.54) is 4.88 Å². The molecule has 15 heavy (non-hydrogen) atoms. The van der Waals surface area contributed by atoms with Crippen molar-refractivity contribution in [1.29, 1.82) is 0 Å². The van der Waals surface area contributed by atoms with Gasteiger partial charge in [-0.2, -0.15) is 0 Å². The maximum Gasteiger partial charge on any atom is 1.00 e. The Labute approximate surface area is 107 Å². The summed E-state index contributed by atoms with van der Waals surface area (Å²) >= 11 is 1.76. The van der Waals surface area contributed by atoms with E-state index in [1.54, 1.807) is 11.3 Å². The van der Waals surface area contributed by atoms with Gasteiger partial charge < -0.3 is 9.47 Å². The van der Waals surface area contributed by atoms with E-state index in [-0.39, 0.29) is 24.3 Å². The van der Waals surface area contributed by atoms with E-state index in [4.69, 9.17) is 9.47 Å². The predicted octanol–water partition coefficient (Wildman–Crippen LogP) is -0.0660. The molecule has 0 atom stereocenters. The van der Waals surface area contributed by atoms with E-state index in [2.05, 4.69) is 32.2 Å². The Kier molecular flexibility index (Phi) is 4.34. The van der Waals surface area contributed by atoms with Crippen LogP contribution in [0.1, 0.15) is 31.2 Å². The van der Waals surface area contributed by atoms with Crippen molar-refractivity contribution in [3.05, 3.63) is 28.2 Å². The average Bonchev–Trinajstić information content (AvgIpc) is 2.73. The minimum absolute atomic E-state index is 0. The van der Waals surface area contributed by atoms with E-state index in [0.29, 0.717) is 19.5 Å². The van der Waals surface area contributed by atoms with E-state index >= 15 is 0 Å². The molecule has 0 spiro atoms. The predicted molar refractivity (Wildman–Crippen MR) is 57.3 cm³/mol. The fraction of sp³-hybridized carbons (Fsp3) is 0.545. The molecule has 78 valence electrons. The van der Waals surface area contributed by atoms with E-state index < -0.39 is 0 Å². The van der Waals surface area contributed by atoms with Crippen LogP contribution in [0.25, 0.3) is 0 Å². The van der Waals surface area contributed by atoms with Gasteiger partial charge in [0.15, 0.2) is 0 Å². The molecule has 1 aromatic rings. The van der Waals surface area contributed by atoms with Gasteiger partial charge in [0.25, 0.3) is 0 Å². The zero-order valence-corrected chi connectivity index (χ0v) is 10.6. The second-order valence-electron chi connectivity index (χ2n) is 4.43. The molecule has 2 heterocycles. The molecule has 0 saturated carbocycles. The first-order valence-corrected chi connectivity index (χ1v) is 5.67. The first kappa shape index (κ1) is 13.2. The Morgan fingerprint density at radius 3 is 2.33 bits per heavy atom. The smallest absolute Gasteiger partial charge is 0.382 e. The third-order valence-corrected chi connectivity index (χ3v) is 3.48. The van der Waals surface area contributed by atoms with Gasteiger partial charge in [0.2, 0.25) is 0 Å². The normalized spacial score (nSPS) is 16.6. The summed E-state index contributed by atoms with van der Waals surface area (Å²) in [5.74, 6) is 0. The summed E-state index contributed by atoms with van der Waals surface area (Å²) in [4.78, 5) is 1.36. The van der Waals surface area contributed by atoms with Gasteiger partial charge in [-0.3, -0.25) is 0 Å². The number of hydrogen-bond donors (Lipinski definition) is 0. The Balaban J connectivity index is 0.00000112. The molecule has 2 nitrogen and oxygen atoms in total. The Hall–Kier alpha value is 0.0874. The van der Waals surface area contributed by atoms with Gasteiger partial charge in [0.05, 0.1) is 19.5 Å². The molecule has 1 fully saturated rings. The molecule has 0 bridgehead atoms. The molecule has 0 aromatic carbocycles. The molecule has 0 radical (unpaired) electrons. The quantitative estimate of drug-likeness (QED) is 0.485. The fourth-order valence-electron chi connectivity index (χ4n) is 1.31. The van der Waals surface area contributed by atoms with Crippen molar-refractivity contribution in [3.63, 3.8) is 0 Å². The molecule has 1 aromatic heterocycles. The van der Waals surface area contributed by atoms with Gasteiger partial charge in [0, 0.05) is 0 Å². The maximum absolute atomic E-state index is 5.37. The zero-order valence-electron chi connectivity index (χ0n) is 9.79. The third kappa shape index (κ3) is 3.02. The first-order chi connectivity index (χ1) is 6.57. The van der Waals surface area contributed by atoms with Crippen LogP contribution < -0.4 is 18.9 Å². The summed E-state index contributed by atoms with van der Waals surface area (Å²) in [7, 11) is 0. The summed E-state index contributed by atoms with van der Waals surface area (Å²) in [6, 6.07) is 2.16. The molecule has 1 aliphatic heterocycles. The van der Waals surface area contributed by atoms with Crippen LogP contribution in [-0.4, -0.2) is 13.2 Å². The second kappa shape index (κ2) is 4.95. The first-order valence-electron chi connectivity index (χ1n) is 4.79. The molecular weight excluding hydrogens is 203 g/mol. The van der Waals surface area contributed by atoms with Gasteiger partial charge in [-0.05, 0) is 5.41 Å². The minimum atomic E-state index is 0. The largest absolute Gasteiger partial charge is 1.00 e. The third-order valence-electron chi connectivity index (χ3n) is 2.12. The molecule has 1 aliphatic rings. The van der Waals surface area contributed by atoms with Gasteiger partial charge in [-0.1, -0.05) is 25.6 Å². The zero-order chi connectivity index (χ0) is 10.2. The molecule has 4 heteroatoms. The Bertz CT molecular complexity index is 311. The molecule has 0 aliphatic carbocycles. The van der Waals surface area contributed by atoms with Crippen LogP contribution in [0.3, 0.4) is 0 Å². The topological polar surface area (TPSA) is 18.5 Å². The van der Waals surface area contributed by atoms with Crippen molar-refractivity contribution >= 4 is 11.3 Å². The van der Waals surface area contributed by atoms with Crippen LogP contribution in [0.15, 0.2) is 11.4 Å². The van der Waals surface area contributed by atoms with Crippen LogP contribution in [0.2, 0.25) is 0 Å². The summed E-state index contributed by atoms with van der Waals surface area (Å²) in [6.45, 7) is 7.99. The van der Waals surface area contributed by atoms with Crippen LogP contribution >= 0.6 is 11.3 Å². The Morgan fingerprint density at radius 2 is 1.87 bits per heavy atom. The maximum atomic E-state index is 5.37. The van der Waals surface area contributed by atoms with Gasteiger partial charge >= 0.3 is 18.9 Å². The van der Waals surface area contributed by atoms with E-state index in [0.717, 1.165) is 5.56 Å². The van der Waals surface area contributed by atoms with Crippen molar-refractivity contribution in [3.8, 4) is 0 Å². The number of rotatable bonds is 1. The number of hydrogen-bond acceptors (Lipinski definition) is 3. The van der Waals surface area contributed by atoms with Crippen molar-refractivity contribution in [2.45, 2.75) is 26.2 Å². The summed E-state index contributed by atoms with van der Waals surface area (Å²) < 4.78 is 10.7. The van der Waals surface area contributed by atoms with Crippen LogP contribution in [0.4, 0.5) is 0 Å². The standard InChI is InChI=1S/C11H15O2S.Li/c1-11(2,3)9-6-8(7-14-9)10-12-4-5-13-10;/h6-7H,4-5H2,1-3H3;/q-1;+1. The van der Waals surface area contributed by atoms with E-state index in [9.17, 15) is 0 Å². The Morgan fingerprint density at radius 1 is 1.27 bits per heavy atom. The second-order valence-corrected chi connectivity index (χ2v) is 5.35. The van der Waals surface area contributed by atoms with Gasteiger partial charge in [-0.15, -0.1) is 17.0 Å². The van der Waals surface area contributed by atoms with Crippen LogP contribution in [0, 0.1) is 6.29 Å². The van der Waals surface area contributed by atoms with Crippen LogP contribution in [0.5, 0.6) is 0 Å². The van der Waals surface area contributed by atoms with Gasteiger partial charge in [-0.25, -0.2) is 11.3 Å². The van der Waals surface area contributed by atoms with Crippen molar-refractivity contribution in [2.24, 2.45) is 0 Å². The van der Waals surface area contributed by atoms with Gasteiger partial charge in [0.1, 0.15) is 0 Å². The number of thiophene rings is 1. The van der Waals surface area contributed by atoms with Crippen molar-refractivity contribution in [1.82, 2.24) is 0 Å². The SMILES string of the molecule is CC(C)(C)c1cc([C-]2OCCO2)cs1.[Li+]. The van der Waals surface area contributed by atoms with Crippen LogP contribution in [-0.2, 0) is 14.9 Å². The average molecular weight is 218 g/mol. The minimum Gasteiger partial charge on any atom is -0.382 e.